The molecule has 178 valence electrons. The highest BCUT2D eigenvalue weighted by molar-refractivity contribution is 7.10. The molecule has 4 aromatic rings. The van der Waals surface area contributed by atoms with Crippen molar-refractivity contribution in [2.24, 2.45) is 0 Å². The van der Waals surface area contributed by atoms with Gasteiger partial charge >= 0.3 is 0 Å². The average Bonchev–Trinajstić information content (AvgIpc) is 3.47. The summed E-state index contributed by atoms with van der Waals surface area (Å²) in [5.41, 5.74) is 4.29. The van der Waals surface area contributed by atoms with Gasteiger partial charge in [-0.05, 0) is 35.9 Å². The molecule has 0 atom stereocenters. The molecule has 0 bridgehead atoms. The van der Waals surface area contributed by atoms with Crippen molar-refractivity contribution in [1.82, 2.24) is 9.88 Å². The zero-order chi connectivity index (χ0) is 24.6. The number of carbonyl (C=O) groups excluding carboxylic acids is 3. The number of ether oxygens (including phenoxy) is 1. The van der Waals surface area contributed by atoms with E-state index >= 15 is 0 Å². The van der Waals surface area contributed by atoms with Crippen LogP contribution in [0.1, 0.15) is 31.3 Å². The van der Waals surface area contributed by atoms with E-state index < -0.39 is 0 Å². The lowest BCUT2D eigenvalue weighted by atomic mass is 10.1. The van der Waals surface area contributed by atoms with Crippen LogP contribution in [0.25, 0.3) is 11.3 Å². The van der Waals surface area contributed by atoms with E-state index in [-0.39, 0.29) is 37.4 Å². The Bertz CT molecular complexity index is 1460. The van der Waals surface area contributed by atoms with Crippen molar-refractivity contribution in [1.29, 1.82) is 0 Å². The number of benzene rings is 3. The van der Waals surface area contributed by atoms with Crippen LogP contribution < -0.4 is 9.64 Å². The van der Waals surface area contributed by atoms with Crippen LogP contribution in [-0.4, -0.2) is 47.3 Å². The molecule has 3 heterocycles. The minimum atomic E-state index is -0.335. The summed E-state index contributed by atoms with van der Waals surface area (Å²) in [6, 6.07) is 22.6. The minimum absolute atomic E-state index is 0.0909. The number of nitrogens with zero attached hydrogens (tertiary/aromatic N) is 3. The van der Waals surface area contributed by atoms with Gasteiger partial charge in [-0.3, -0.25) is 19.3 Å². The molecule has 0 fully saturated rings. The first-order chi connectivity index (χ1) is 17.6. The van der Waals surface area contributed by atoms with Crippen LogP contribution in [0.5, 0.6) is 5.75 Å². The fourth-order valence-electron chi connectivity index (χ4n) is 4.54. The molecule has 0 unspecified atom stereocenters. The van der Waals surface area contributed by atoms with Crippen molar-refractivity contribution in [3.63, 3.8) is 0 Å². The predicted octanol–water partition coefficient (Wildman–Crippen LogP) is 4.42. The summed E-state index contributed by atoms with van der Waals surface area (Å²) in [6.07, 6.45) is 0.754. The Morgan fingerprint density at radius 3 is 2.28 bits per heavy atom. The molecule has 0 aliphatic carbocycles. The third-order valence-corrected chi connectivity index (χ3v) is 7.22. The summed E-state index contributed by atoms with van der Waals surface area (Å²) in [6.45, 7) is 0.187. The lowest BCUT2D eigenvalue weighted by Crippen LogP contribution is -2.44. The fraction of sp³-hybridized carbons (Fsp3) is 0.143. The van der Waals surface area contributed by atoms with Gasteiger partial charge < -0.3 is 9.64 Å². The van der Waals surface area contributed by atoms with E-state index in [4.69, 9.17) is 9.72 Å². The zero-order valence-corrected chi connectivity index (χ0v) is 20.0. The molecule has 8 heteroatoms. The van der Waals surface area contributed by atoms with Crippen LogP contribution in [-0.2, 0) is 11.2 Å². The van der Waals surface area contributed by atoms with Crippen LogP contribution in [0.3, 0.4) is 0 Å². The van der Waals surface area contributed by atoms with Crippen molar-refractivity contribution in [2.45, 2.75) is 6.42 Å². The summed E-state index contributed by atoms with van der Waals surface area (Å²) >= 11 is 1.59. The molecule has 2 aliphatic heterocycles. The molecule has 1 aromatic heterocycles. The smallest absolute Gasteiger partial charge is 0.265 e. The van der Waals surface area contributed by atoms with Gasteiger partial charge in [0.05, 0.1) is 27.5 Å². The van der Waals surface area contributed by atoms with Crippen LogP contribution in [0.2, 0.25) is 0 Å². The van der Waals surface area contributed by atoms with Crippen molar-refractivity contribution < 1.29 is 19.1 Å². The van der Waals surface area contributed by atoms with Crippen LogP contribution in [0.15, 0.2) is 78.2 Å². The number of rotatable bonds is 6. The number of amides is 3. The average molecular weight is 496 g/mol. The second-order valence-electron chi connectivity index (χ2n) is 8.61. The highest BCUT2D eigenvalue weighted by Crippen LogP contribution is 2.36. The Hall–Kier alpha value is -4.30. The molecule has 0 radical (unpaired) electrons. The standard InChI is InChI=1S/C28H21N3O4S/c32-26-16-35-24-11-10-19(22-17-36-25(29-22)14-18-6-2-1-3-7-18)15-23(24)30(26)12-13-31-27(33)20-8-4-5-9-21(20)28(31)34/h1-11,15,17H,12-14,16H2. The van der Waals surface area contributed by atoms with E-state index in [1.165, 1.54) is 10.5 Å². The largest absolute Gasteiger partial charge is 0.482 e. The second-order valence-corrected chi connectivity index (χ2v) is 9.56. The van der Waals surface area contributed by atoms with E-state index in [9.17, 15) is 14.4 Å². The first-order valence-electron chi connectivity index (χ1n) is 11.6. The number of thiazole rings is 1. The van der Waals surface area contributed by atoms with Crippen molar-refractivity contribution in [3.05, 3.63) is 99.9 Å². The van der Waals surface area contributed by atoms with Gasteiger partial charge in [0.1, 0.15) is 5.75 Å². The molecule has 2 aliphatic rings. The SMILES string of the molecule is O=C1c2ccccc2C(=O)N1CCN1C(=O)COc2ccc(-c3csc(Cc4ccccc4)n3)cc21. The maximum Gasteiger partial charge on any atom is 0.265 e. The van der Waals surface area contributed by atoms with Gasteiger partial charge in [-0.2, -0.15) is 0 Å². The van der Waals surface area contributed by atoms with Gasteiger partial charge in [-0.15, -0.1) is 11.3 Å². The number of anilines is 1. The van der Waals surface area contributed by atoms with Gasteiger partial charge in [0.2, 0.25) is 0 Å². The van der Waals surface area contributed by atoms with Gasteiger partial charge in [-0.25, -0.2) is 4.98 Å². The van der Waals surface area contributed by atoms with Gasteiger partial charge in [0, 0.05) is 30.5 Å². The lowest BCUT2D eigenvalue weighted by molar-refractivity contribution is -0.121. The molecule has 36 heavy (non-hydrogen) atoms. The number of imide groups is 1. The monoisotopic (exact) mass is 495 g/mol. The van der Waals surface area contributed by atoms with E-state index in [0.717, 1.165) is 22.7 Å². The third kappa shape index (κ3) is 3.95. The zero-order valence-electron chi connectivity index (χ0n) is 19.2. The topological polar surface area (TPSA) is 79.8 Å². The first kappa shape index (κ1) is 22.2. The number of aromatic nitrogens is 1. The summed E-state index contributed by atoms with van der Waals surface area (Å²) in [5.74, 6) is -0.308. The van der Waals surface area contributed by atoms with Crippen molar-refractivity contribution in [2.75, 3.05) is 24.6 Å². The van der Waals surface area contributed by atoms with E-state index in [1.807, 2.05) is 41.8 Å². The first-order valence-corrected chi connectivity index (χ1v) is 12.5. The molecule has 0 saturated carbocycles. The van der Waals surface area contributed by atoms with Crippen LogP contribution in [0.4, 0.5) is 5.69 Å². The number of carbonyl (C=O) groups is 3. The minimum Gasteiger partial charge on any atom is -0.482 e. The molecule has 6 rings (SSSR count). The van der Waals surface area contributed by atoms with Crippen LogP contribution in [0, 0.1) is 0 Å². The maximum atomic E-state index is 12.8. The normalized spacial score (nSPS) is 14.6. The van der Waals surface area contributed by atoms with E-state index in [1.54, 1.807) is 40.5 Å². The fourth-order valence-corrected chi connectivity index (χ4v) is 5.38. The summed E-state index contributed by atoms with van der Waals surface area (Å²) in [5, 5.41) is 3.01. The number of hydrogen-bond acceptors (Lipinski definition) is 6. The summed E-state index contributed by atoms with van der Waals surface area (Å²) in [4.78, 5) is 45.9. The second kappa shape index (κ2) is 9.05. The Morgan fingerprint density at radius 1 is 0.833 bits per heavy atom. The van der Waals surface area contributed by atoms with E-state index in [2.05, 4.69) is 12.1 Å². The summed E-state index contributed by atoms with van der Waals surface area (Å²) < 4.78 is 5.65. The van der Waals surface area contributed by atoms with Gasteiger partial charge in [0.15, 0.2) is 6.61 Å². The Kier molecular flexibility index (Phi) is 5.58. The Balaban J connectivity index is 1.23. The van der Waals surface area contributed by atoms with E-state index in [0.29, 0.717) is 22.6 Å². The number of hydrogen-bond donors (Lipinski definition) is 0. The molecule has 3 aromatic carbocycles. The molecule has 0 saturated heterocycles. The van der Waals surface area contributed by atoms with Crippen molar-refractivity contribution in [3.8, 4) is 17.0 Å². The Morgan fingerprint density at radius 2 is 1.53 bits per heavy atom. The Labute approximate surface area is 211 Å². The van der Waals surface area contributed by atoms with Crippen molar-refractivity contribution >= 4 is 34.7 Å². The quantitative estimate of drug-likeness (QED) is 0.370. The van der Waals surface area contributed by atoms with Crippen LogP contribution >= 0.6 is 11.3 Å². The third-order valence-electron chi connectivity index (χ3n) is 6.37. The molecule has 7 nitrogen and oxygen atoms in total. The van der Waals surface area contributed by atoms with Gasteiger partial charge in [-0.1, -0.05) is 42.5 Å². The predicted molar refractivity (Wildman–Crippen MR) is 136 cm³/mol. The highest BCUT2D eigenvalue weighted by Gasteiger charge is 2.36. The molecule has 0 spiro atoms. The molecule has 3 amide bonds. The molecule has 0 N–H and O–H groups in total. The number of fused-ring (bicyclic) bond motifs is 2. The summed E-state index contributed by atoms with van der Waals surface area (Å²) in [7, 11) is 0. The maximum absolute atomic E-state index is 12.8. The van der Waals surface area contributed by atoms with Gasteiger partial charge in [0.25, 0.3) is 17.7 Å². The lowest BCUT2D eigenvalue weighted by Gasteiger charge is -2.30. The highest BCUT2D eigenvalue weighted by atomic mass is 32.1. The molecular formula is C28H21N3O4S. The molecular weight excluding hydrogens is 474 g/mol.